The number of hydrogen-bond acceptors (Lipinski definition) is 5. The molecular formula is C20H27N3O5. The maximum absolute atomic E-state index is 13.0. The van der Waals surface area contributed by atoms with Crippen LogP contribution in [0.25, 0.3) is 0 Å². The lowest BCUT2D eigenvalue weighted by Crippen LogP contribution is -2.57. The molecule has 0 saturated carbocycles. The second-order valence-corrected chi connectivity index (χ2v) is 8.42. The number of aromatic carboxylic acids is 1. The zero-order chi connectivity index (χ0) is 20.7. The molecular weight excluding hydrogens is 362 g/mol. The molecule has 8 heteroatoms. The topological polar surface area (TPSA) is 90.4 Å². The highest BCUT2D eigenvalue weighted by Gasteiger charge is 2.53. The minimum absolute atomic E-state index is 0.0265. The van der Waals surface area contributed by atoms with E-state index in [1.165, 1.54) is 0 Å². The van der Waals surface area contributed by atoms with Crippen molar-refractivity contribution in [3.8, 4) is 0 Å². The van der Waals surface area contributed by atoms with E-state index in [-0.39, 0.29) is 17.6 Å². The second kappa shape index (κ2) is 7.00. The largest absolute Gasteiger partial charge is 0.478 e. The molecule has 2 saturated heterocycles. The number of nitrogens with zero attached hydrogens (tertiary/aromatic N) is 3. The summed E-state index contributed by atoms with van der Waals surface area (Å²) in [6.07, 6.45) is 0.630. The van der Waals surface area contributed by atoms with Crippen LogP contribution in [0.1, 0.15) is 44.0 Å². The molecule has 0 aromatic heterocycles. The third kappa shape index (κ3) is 3.63. The summed E-state index contributed by atoms with van der Waals surface area (Å²) in [7, 11) is 1.76. The average molecular weight is 389 g/mol. The number of carboxylic acids is 1. The van der Waals surface area contributed by atoms with Gasteiger partial charge in [-0.1, -0.05) is 0 Å². The van der Waals surface area contributed by atoms with Crippen LogP contribution in [0.15, 0.2) is 24.3 Å². The summed E-state index contributed by atoms with van der Waals surface area (Å²) in [5.41, 5.74) is -0.282. The van der Waals surface area contributed by atoms with Gasteiger partial charge in [-0.2, -0.15) is 0 Å². The lowest BCUT2D eigenvalue weighted by molar-refractivity contribution is -0.132. The highest BCUT2D eigenvalue weighted by molar-refractivity contribution is 5.94. The number of hydrogen-bond donors (Lipinski definition) is 1. The van der Waals surface area contributed by atoms with E-state index in [2.05, 4.69) is 0 Å². The number of piperidine rings is 1. The van der Waals surface area contributed by atoms with Gasteiger partial charge in [0.25, 0.3) is 0 Å². The fourth-order valence-corrected chi connectivity index (χ4v) is 3.86. The molecule has 0 radical (unpaired) electrons. The van der Waals surface area contributed by atoms with Crippen molar-refractivity contribution >= 4 is 23.7 Å². The first-order valence-corrected chi connectivity index (χ1v) is 9.38. The molecule has 28 heavy (non-hydrogen) atoms. The van der Waals surface area contributed by atoms with Crippen molar-refractivity contribution in [3.05, 3.63) is 29.8 Å². The first kappa shape index (κ1) is 20.0. The number of rotatable bonds is 2. The van der Waals surface area contributed by atoms with E-state index in [4.69, 9.17) is 9.84 Å². The van der Waals surface area contributed by atoms with E-state index in [0.29, 0.717) is 32.6 Å². The maximum Gasteiger partial charge on any atom is 0.410 e. The lowest BCUT2D eigenvalue weighted by Gasteiger charge is -2.43. The number of carbonyl (C=O) groups is 3. The summed E-state index contributed by atoms with van der Waals surface area (Å²) in [4.78, 5) is 41.8. The number of likely N-dealkylation sites (N-methyl/N-ethyl adjacent to an activating group) is 1. The monoisotopic (exact) mass is 389 g/mol. The summed E-state index contributed by atoms with van der Waals surface area (Å²) >= 11 is 0. The van der Waals surface area contributed by atoms with Crippen LogP contribution < -0.4 is 4.90 Å². The van der Waals surface area contributed by atoms with Crippen molar-refractivity contribution in [2.45, 2.75) is 44.8 Å². The van der Waals surface area contributed by atoms with Crippen LogP contribution in [0.2, 0.25) is 0 Å². The standard InChI is InChI=1S/C20H27N3O5/c1-19(2,3)28-18(27)22-11-9-20(10-12-22)17(26)21(4)13-23(20)15-7-5-14(6-8-15)16(24)25/h5-8H,9-13H2,1-4H3,(H,24,25). The van der Waals surface area contributed by atoms with E-state index in [0.717, 1.165) is 5.69 Å². The van der Waals surface area contributed by atoms with Crippen molar-refractivity contribution in [2.75, 3.05) is 31.7 Å². The molecule has 1 aromatic carbocycles. The quantitative estimate of drug-likeness (QED) is 0.835. The van der Waals surface area contributed by atoms with Crippen molar-refractivity contribution in [3.63, 3.8) is 0 Å². The van der Waals surface area contributed by atoms with Crippen LogP contribution in [0, 0.1) is 0 Å². The van der Waals surface area contributed by atoms with Gasteiger partial charge in [-0.15, -0.1) is 0 Å². The van der Waals surface area contributed by atoms with Gasteiger partial charge < -0.3 is 24.5 Å². The Bertz CT molecular complexity index is 776. The highest BCUT2D eigenvalue weighted by atomic mass is 16.6. The minimum atomic E-state index is -0.985. The Kier molecular flexibility index (Phi) is 4.99. The van der Waals surface area contributed by atoms with Crippen LogP contribution in [0.3, 0.4) is 0 Å². The molecule has 0 bridgehead atoms. The highest BCUT2D eigenvalue weighted by Crippen LogP contribution is 2.39. The van der Waals surface area contributed by atoms with Gasteiger partial charge in [-0.05, 0) is 57.9 Å². The predicted octanol–water partition coefficient (Wildman–Crippen LogP) is 2.39. The van der Waals surface area contributed by atoms with Gasteiger partial charge in [0, 0.05) is 25.8 Å². The number of anilines is 1. The molecule has 0 aliphatic carbocycles. The first-order valence-electron chi connectivity index (χ1n) is 9.38. The molecule has 0 atom stereocenters. The van der Waals surface area contributed by atoms with Crippen LogP contribution >= 0.6 is 0 Å². The summed E-state index contributed by atoms with van der Waals surface area (Å²) in [6.45, 7) is 6.77. The molecule has 2 fully saturated rings. The maximum atomic E-state index is 13.0. The molecule has 2 aliphatic heterocycles. The summed E-state index contributed by atoms with van der Waals surface area (Å²) in [5, 5.41) is 9.10. The van der Waals surface area contributed by atoms with Crippen molar-refractivity contribution in [2.24, 2.45) is 0 Å². The number of carboxylic acid groups (broad SMARTS) is 1. The lowest BCUT2D eigenvalue weighted by atomic mass is 9.85. The molecule has 2 aliphatic rings. The van der Waals surface area contributed by atoms with Gasteiger partial charge in [-0.25, -0.2) is 9.59 Å². The Morgan fingerprint density at radius 1 is 1.11 bits per heavy atom. The Balaban J connectivity index is 1.80. The number of carbonyl (C=O) groups excluding carboxylic acids is 2. The van der Waals surface area contributed by atoms with Gasteiger partial charge in [0.15, 0.2) is 0 Å². The minimum Gasteiger partial charge on any atom is -0.478 e. The molecule has 0 unspecified atom stereocenters. The Hall–Kier alpha value is -2.77. The van der Waals surface area contributed by atoms with Gasteiger partial charge in [0.05, 0.1) is 12.2 Å². The number of amides is 2. The summed E-state index contributed by atoms with van der Waals surface area (Å²) in [6, 6.07) is 6.56. The summed E-state index contributed by atoms with van der Waals surface area (Å²) in [5.74, 6) is -0.958. The van der Waals surface area contributed by atoms with Crippen molar-refractivity contribution in [1.82, 2.24) is 9.80 Å². The zero-order valence-corrected chi connectivity index (χ0v) is 16.8. The third-order valence-corrected chi connectivity index (χ3v) is 5.28. The normalized spacial score (nSPS) is 19.3. The molecule has 3 rings (SSSR count). The Morgan fingerprint density at radius 3 is 2.18 bits per heavy atom. The van der Waals surface area contributed by atoms with Gasteiger partial charge in [-0.3, -0.25) is 4.79 Å². The van der Waals surface area contributed by atoms with E-state index < -0.39 is 17.1 Å². The Labute approximate surface area is 164 Å². The molecule has 1 spiro atoms. The van der Waals surface area contributed by atoms with Gasteiger partial charge in [0.2, 0.25) is 5.91 Å². The smallest absolute Gasteiger partial charge is 0.410 e. The fraction of sp³-hybridized carbons (Fsp3) is 0.550. The van der Waals surface area contributed by atoms with Crippen molar-refractivity contribution < 1.29 is 24.2 Å². The van der Waals surface area contributed by atoms with Gasteiger partial charge in [0.1, 0.15) is 11.1 Å². The Morgan fingerprint density at radius 2 is 1.68 bits per heavy atom. The number of benzene rings is 1. The van der Waals surface area contributed by atoms with E-state index in [1.807, 2.05) is 25.7 Å². The molecule has 1 N–H and O–H groups in total. The summed E-state index contributed by atoms with van der Waals surface area (Å²) < 4.78 is 5.45. The molecule has 2 heterocycles. The molecule has 2 amide bonds. The first-order chi connectivity index (χ1) is 13.0. The van der Waals surface area contributed by atoms with Crippen LogP contribution in [-0.4, -0.2) is 70.8 Å². The molecule has 1 aromatic rings. The average Bonchev–Trinajstić information content (AvgIpc) is 2.86. The SMILES string of the molecule is CN1CN(c2ccc(C(=O)O)cc2)C2(CCN(C(=O)OC(C)(C)C)CC2)C1=O. The fourth-order valence-electron chi connectivity index (χ4n) is 3.86. The number of likely N-dealkylation sites (tertiary alicyclic amines) is 1. The molecule has 8 nitrogen and oxygen atoms in total. The van der Waals surface area contributed by atoms with Gasteiger partial charge >= 0.3 is 12.1 Å². The van der Waals surface area contributed by atoms with Crippen LogP contribution in [0.4, 0.5) is 10.5 Å². The van der Waals surface area contributed by atoms with E-state index in [9.17, 15) is 14.4 Å². The predicted molar refractivity (Wildman–Crippen MR) is 103 cm³/mol. The number of ether oxygens (including phenoxy) is 1. The van der Waals surface area contributed by atoms with Crippen LogP contribution in [-0.2, 0) is 9.53 Å². The molecule has 152 valence electrons. The third-order valence-electron chi connectivity index (χ3n) is 5.28. The zero-order valence-electron chi connectivity index (χ0n) is 16.8. The second-order valence-electron chi connectivity index (χ2n) is 8.42. The van der Waals surface area contributed by atoms with E-state index >= 15 is 0 Å². The van der Waals surface area contributed by atoms with Crippen molar-refractivity contribution in [1.29, 1.82) is 0 Å². The van der Waals surface area contributed by atoms with Crippen LogP contribution in [0.5, 0.6) is 0 Å². The van der Waals surface area contributed by atoms with E-state index in [1.54, 1.807) is 41.1 Å².